The zero-order valence-electron chi connectivity index (χ0n) is 14.8. The molecular formula is C20H17N5O3. The maximum Gasteiger partial charge on any atom is 0.291 e. The maximum absolute atomic E-state index is 12.1. The lowest BCUT2D eigenvalue weighted by atomic mass is 10.2. The van der Waals surface area contributed by atoms with Crippen molar-refractivity contribution in [1.29, 1.82) is 0 Å². The average molecular weight is 375 g/mol. The van der Waals surface area contributed by atoms with Crippen LogP contribution in [0.15, 0.2) is 78.0 Å². The number of hydrogen-bond acceptors (Lipinski definition) is 5. The fraction of sp³-hybridized carbons (Fsp3) is 0.0500. The normalized spacial score (nSPS) is 11.1. The van der Waals surface area contributed by atoms with Gasteiger partial charge in [-0.25, -0.2) is 5.43 Å². The molecule has 0 radical (unpaired) electrons. The van der Waals surface area contributed by atoms with Crippen LogP contribution in [0.1, 0.15) is 21.6 Å². The first-order chi connectivity index (χ1) is 13.6. The zero-order valence-corrected chi connectivity index (χ0v) is 14.8. The number of amides is 1. The molecule has 0 saturated carbocycles. The number of nitrogens with one attached hydrogen (secondary N) is 1. The number of nitrogens with zero attached hydrogens (tertiary/aromatic N) is 4. The first kappa shape index (κ1) is 18.7. The van der Waals surface area contributed by atoms with Gasteiger partial charge in [0.25, 0.3) is 11.6 Å². The number of hydrazone groups is 1. The Morgan fingerprint density at radius 3 is 2.61 bits per heavy atom. The van der Waals surface area contributed by atoms with Gasteiger partial charge in [0.15, 0.2) is 5.69 Å². The summed E-state index contributed by atoms with van der Waals surface area (Å²) in [6, 6.07) is 17.5. The first-order valence-corrected chi connectivity index (χ1v) is 8.44. The quantitative estimate of drug-likeness (QED) is 0.389. The van der Waals surface area contributed by atoms with E-state index < -0.39 is 10.8 Å². The molecule has 140 valence electrons. The Kier molecular flexibility index (Phi) is 6.04. The number of hydrogen-bond donors (Lipinski definition) is 1. The molecule has 0 bridgehead atoms. The van der Waals surface area contributed by atoms with Gasteiger partial charge in [-0.3, -0.25) is 19.6 Å². The van der Waals surface area contributed by atoms with Crippen molar-refractivity contribution < 1.29 is 9.72 Å². The van der Waals surface area contributed by atoms with Crippen molar-refractivity contribution >= 4 is 23.9 Å². The van der Waals surface area contributed by atoms with Gasteiger partial charge in [-0.05, 0) is 23.3 Å². The Morgan fingerprint density at radius 1 is 1.14 bits per heavy atom. The number of non-ortho nitro benzene ring substituents is 1. The van der Waals surface area contributed by atoms with E-state index in [0.717, 1.165) is 11.1 Å². The Hall–Kier alpha value is -4.07. The summed E-state index contributed by atoms with van der Waals surface area (Å²) in [6.45, 7) is 0.397. The van der Waals surface area contributed by atoms with Gasteiger partial charge in [0.05, 0.1) is 11.5 Å². The number of aromatic nitrogens is 2. The number of benzene rings is 2. The molecule has 0 spiro atoms. The fourth-order valence-electron chi connectivity index (χ4n) is 2.40. The molecule has 1 heterocycles. The van der Waals surface area contributed by atoms with Gasteiger partial charge in [-0.2, -0.15) is 10.2 Å². The number of carbonyl (C=O) groups excluding carboxylic acids is 1. The highest BCUT2D eigenvalue weighted by Crippen LogP contribution is 2.12. The van der Waals surface area contributed by atoms with E-state index in [4.69, 9.17) is 0 Å². The van der Waals surface area contributed by atoms with Crippen molar-refractivity contribution in [1.82, 2.24) is 15.2 Å². The first-order valence-electron chi connectivity index (χ1n) is 8.44. The van der Waals surface area contributed by atoms with E-state index in [-0.39, 0.29) is 11.4 Å². The third kappa shape index (κ3) is 5.21. The van der Waals surface area contributed by atoms with Crippen LogP contribution >= 0.6 is 0 Å². The minimum atomic E-state index is -0.449. The molecule has 0 aliphatic rings. The maximum atomic E-state index is 12.1. The van der Waals surface area contributed by atoms with E-state index in [1.54, 1.807) is 35.2 Å². The SMILES string of the molecule is O=C(NN=CC=Cc1ccccc1)c1ccn(Cc2ccc([N+](=O)[O-])cc2)n1. The van der Waals surface area contributed by atoms with Crippen LogP contribution in [-0.4, -0.2) is 26.8 Å². The summed E-state index contributed by atoms with van der Waals surface area (Å²) >= 11 is 0. The number of carbonyl (C=O) groups is 1. The molecule has 2 aromatic carbocycles. The van der Waals surface area contributed by atoms with Crippen LogP contribution < -0.4 is 5.43 Å². The summed E-state index contributed by atoms with van der Waals surface area (Å²) in [6.07, 6.45) is 6.74. The molecule has 28 heavy (non-hydrogen) atoms. The Labute approximate surface area is 161 Å². The summed E-state index contributed by atoms with van der Waals surface area (Å²) in [4.78, 5) is 22.3. The van der Waals surface area contributed by atoms with Gasteiger partial charge in [0, 0.05) is 24.5 Å². The third-order valence-corrected chi connectivity index (χ3v) is 3.78. The second-order valence-corrected chi connectivity index (χ2v) is 5.81. The van der Waals surface area contributed by atoms with Gasteiger partial charge >= 0.3 is 0 Å². The van der Waals surface area contributed by atoms with Crippen LogP contribution in [-0.2, 0) is 6.54 Å². The molecular weight excluding hydrogens is 358 g/mol. The highest BCUT2D eigenvalue weighted by molar-refractivity contribution is 5.92. The van der Waals surface area contributed by atoms with Gasteiger partial charge in [0.2, 0.25) is 0 Å². The Balaban J connectivity index is 1.52. The number of rotatable bonds is 7. The largest absolute Gasteiger partial charge is 0.291 e. The highest BCUT2D eigenvalue weighted by atomic mass is 16.6. The molecule has 1 aromatic heterocycles. The number of nitro benzene ring substituents is 1. The second kappa shape index (κ2) is 9.04. The molecule has 3 rings (SSSR count). The molecule has 0 saturated heterocycles. The van der Waals surface area contributed by atoms with Crippen LogP contribution in [0, 0.1) is 10.1 Å². The highest BCUT2D eigenvalue weighted by Gasteiger charge is 2.09. The van der Waals surface area contributed by atoms with E-state index >= 15 is 0 Å². The molecule has 8 heteroatoms. The summed E-state index contributed by atoms with van der Waals surface area (Å²) in [5.74, 6) is -0.424. The van der Waals surface area contributed by atoms with E-state index in [2.05, 4.69) is 15.6 Å². The third-order valence-electron chi connectivity index (χ3n) is 3.78. The van der Waals surface area contributed by atoms with Crippen LogP contribution in [0.4, 0.5) is 5.69 Å². The van der Waals surface area contributed by atoms with Gasteiger partial charge in [-0.15, -0.1) is 0 Å². The summed E-state index contributed by atoms with van der Waals surface area (Å²) in [5.41, 5.74) is 4.54. The van der Waals surface area contributed by atoms with Crippen molar-refractivity contribution in [3.63, 3.8) is 0 Å². The predicted molar refractivity (Wildman–Crippen MR) is 106 cm³/mol. The monoisotopic (exact) mass is 375 g/mol. The Morgan fingerprint density at radius 2 is 1.89 bits per heavy atom. The molecule has 0 aliphatic carbocycles. The molecule has 3 aromatic rings. The van der Waals surface area contributed by atoms with Crippen LogP contribution in [0.3, 0.4) is 0 Å². The minimum absolute atomic E-state index is 0.0310. The van der Waals surface area contributed by atoms with Crippen LogP contribution in [0.25, 0.3) is 6.08 Å². The van der Waals surface area contributed by atoms with Gasteiger partial charge < -0.3 is 0 Å². The number of nitro groups is 1. The number of allylic oxidation sites excluding steroid dienone is 1. The summed E-state index contributed by atoms with van der Waals surface area (Å²) in [5, 5.41) is 18.7. The Bertz CT molecular complexity index is 1010. The molecule has 0 fully saturated rings. The predicted octanol–water partition coefficient (Wildman–Crippen LogP) is 3.27. The zero-order chi connectivity index (χ0) is 19.8. The molecule has 0 aliphatic heterocycles. The fourth-order valence-corrected chi connectivity index (χ4v) is 2.40. The summed E-state index contributed by atoms with van der Waals surface area (Å²) in [7, 11) is 0. The minimum Gasteiger partial charge on any atom is -0.268 e. The topological polar surface area (TPSA) is 102 Å². The molecule has 0 unspecified atom stereocenters. The standard InChI is InChI=1S/C20H17N5O3/c26-20(22-21-13-4-7-16-5-2-1-3-6-16)19-12-14-24(23-19)15-17-8-10-18(11-9-17)25(27)28/h1-14H,15H2,(H,22,26). The van der Waals surface area contributed by atoms with E-state index in [1.807, 2.05) is 36.4 Å². The average Bonchev–Trinajstić information content (AvgIpc) is 3.17. The molecule has 1 amide bonds. The van der Waals surface area contributed by atoms with Crippen LogP contribution in [0.2, 0.25) is 0 Å². The van der Waals surface area contributed by atoms with Crippen molar-refractivity contribution in [3.05, 3.63) is 99.9 Å². The smallest absolute Gasteiger partial charge is 0.268 e. The lowest BCUT2D eigenvalue weighted by molar-refractivity contribution is -0.384. The van der Waals surface area contributed by atoms with Crippen LogP contribution in [0.5, 0.6) is 0 Å². The van der Waals surface area contributed by atoms with E-state index in [0.29, 0.717) is 6.54 Å². The molecule has 1 N–H and O–H groups in total. The van der Waals surface area contributed by atoms with E-state index in [1.165, 1.54) is 18.3 Å². The second-order valence-electron chi connectivity index (χ2n) is 5.81. The van der Waals surface area contributed by atoms with Gasteiger partial charge in [-0.1, -0.05) is 48.5 Å². The summed E-state index contributed by atoms with van der Waals surface area (Å²) < 4.78 is 1.58. The van der Waals surface area contributed by atoms with Gasteiger partial charge in [0.1, 0.15) is 0 Å². The van der Waals surface area contributed by atoms with Crippen molar-refractivity contribution in [2.24, 2.45) is 5.10 Å². The van der Waals surface area contributed by atoms with Crippen molar-refractivity contribution in [3.8, 4) is 0 Å². The lowest BCUT2D eigenvalue weighted by Crippen LogP contribution is -2.18. The van der Waals surface area contributed by atoms with Crippen molar-refractivity contribution in [2.45, 2.75) is 6.54 Å². The lowest BCUT2D eigenvalue weighted by Gasteiger charge is -2.01. The van der Waals surface area contributed by atoms with E-state index in [9.17, 15) is 14.9 Å². The molecule has 8 nitrogen and oxygen atoms in total. The van der Waals surface area contributed by atoms with Crippen molar-refractivity contribution in [2.75, 3.05) is 0 Å². The molecule has 0 atom stereocenters.